The van der Waals surface area contributed by atoms with Gasteiger partial charge < -0.3 is 27.0 Å². The van der Waals surface area contributed by atoms with Crippen LogP contribution in [0, 0.1) is 0 Å². The Bertz CT molecular complexity index is 481. The lowest BCUT2D eigenvalue weighted by Crippen LogP contribution is -2.55. The zero-order valence-corrected chi connectivity index (χ0v) is 15.6. The van der Waals surface area contributed by atoms with Gasteiger partial charge in [-0.15, -0.1) is 0 Å². The van der Waals surface area contributed by atoms with E-state index in [0.717, 1.165) is 12.8 Å². The Labute approximate surface area is 148 Å². The summed E-state index contributed by atoms with van der Waals surface area (Å²) in [5.41, 5.74) is 5.41. The molecule has 0 aromatic carbocycles. The molecule has 0 saturated carbocycles. The number of nitrogens with two attached hydrogens (primary N) is 1. The molecule has 144 valence electrons. The van der Waals surface area contributed by atoms with E-state index in [4.69, 9.17) is 5.73 Å². The van der Waals surface area contributed by atoms with Gasteiger partial charge in [-0.25, -0.2) is 0 Å². The van der Waals surface area contributed by atoms with Crippen LogP contribution in [0.5, 0.6) is 0 Å². The lowest BCUT2D eigenvalue weighted by atomic mass is 10.2. The molecule has 4 atom stereocenters. The maximum absolute atomic E-state index is 12.1. The number of unbranched alkanes of at least 4 members (excludes halogenated alkanes) is 1. The Hall–Kier alpha value is -2.16. The van der Waals surface area contributed by atoms with Crippen LogP contribution in [0.2, 0.25) is 0 Å². The molecule has 4 amide bonds. The van der Waals surface area contributed by atoms with Crippen molar-refractivity contribution in [3.63, 3.8) is 0 Å². The highest BCUT2D eigenvalue weighted by Gasteiger charge is 2.24. The van der Waals surface area contributed by atoms with Crippen LogP contribution in [0.3, 0.4) is 0 Å². The van der Waals surface area contributed by atoms with Crippen LogP contribution in [-0.2, 0) is 19.2 Å². The van der Waals surface area contributed by atoms with Gasteiger partial charge in [0.1, 0.15) is 18.1 Å². The third-order valence-corrected chi connectivity index (χ3v) is 3.50. The van der Waals surface area contributed by atoms with Crippen LogP contribution in [-0.4, -0.2) is 54.3 Å². The van der Waals surface area contributed by atoms with E-state index < -0.39 is 41.9 Å². The first-order valence-electron chi connectivity index (χ1n) is 8.54. The Kier molecular flexibility index (Phi) is 10.4. The summed E-state index contributed by atoms with van der Waals surface area (Å²) in [6.07, 6.45) is 1.83. The van der Waals surface area contributed by atoms with E-state index in [9.17, 15) is 19.2 Å². The second kappa shape index (κ2) is 11.4. The van der Waals surface area contributed by atoms with Crippen LogP contribution in [0.4, 0.5) is 0 Å². The lowest BCUT2D eigenvalue weighted by Gasteiger charge is -2.20. The summed E-state index contributed by atoms with van der Waals surface area (Å²) in [5.74, 6) is -1.75. The number of amides is 4. The fourth-order valence-corrected chi connectivity index (χ4v) is 1.76. The molecular weight excluding hydrogens is 326 g/mol. The second-order valence-corrected chi connectivity index (χ2v) is 6.12. The average molecular weight is 357 g/mol. The molecular formula is C16H31N5O4. The van der Waals surface area contributed by atoms with E-state index in [0.29, 0.717) is 6.54 Å². The van der Waals surface area contributed by atoms with E-state index in [1.807, 2.05) is 6.92 Å². The fraction of sp³-hybridized carbons (Fsp3) is 0.750. The zero-order valence-electron chi connectivity index (χ0n) is 15.6. The molecule has 0 radical (unpaired) electrons. The predicted octanol–water partition coefficient (Wildman–Crippen LogP) is -1.24. The molecule has 0 aliphatic carbocycles. The maximum Gasteiger partial charge on any atom is 0.242 e. The van der Waals surface area contributed by atoms with Crippen molar-refractivity contribution < 1.29 is 19.2 Å². The van der Waals surface area contributed by atoms with Crippen molar-refractivity contribution in [2.75, 3.05) is 6.54 Å². The van der Waals surface area contributed by atoms with Crippen LogP contribution >= 0.6 is 0 Å². The summed E-state index contributed by atoms with van der Waals surface area (Å²) in [6, 6.07) is -3.13. The van der Waals surface area contributed by atoms with Crippen LogP contribution in [0.25, 0.3) is 0 Å². The summed E-state index contributed by atoms with van der Waals surface area (Å²) in [7, 11) is 0. The van der Waals surface area contributed by atoms with Gasteiger partial charge in [-0.2, -0.15) is 0 Å². The van der Waals surface area contributed by atoms with Gasteiger partial charge in [-0.3, -0.25) is 19.2 Å². The Morgan fingerprint density at radius 1 is 0.760 bits per heavy atom. The molecule has 0 bridgehead atoms. The van der Waals surface area contributed by atoms with Crippen molar-refractivity contribution in [1.29, 1.82) is 0 Å². The number of carbonyl (C=O) groups is 4. The van der Waals surface area contributed by atoms with Crippen molar-refractivity contribution in [2.24, 2.45) is 5.73 Å². The summed E-state index contributed by atoms with van der Waals surface area (Å²) >= 11 is 0. The molecule has 9 heteroatoms. The number of hydrogen-bond acceptors (Lipinski definition) is 5. The van der Waals surface area contributed by atoms with E-state index in [2.05, 4.69) is 21.3 Å². The molecule has 0 heterocycles. The first-order valence-corrected chi connectivity index (χ1v) is 8.54. The lowest BCUT2D eigenvalue weighted by molar-refractivity contribution is -0.133. The van der Waals surface area contributed by atoms with Crippen molar-refractivity contribution in [2.45, 2.75) is 71.6 Å². The molecule has 0 saturated heterocycles. The molecule has 0 aliphatic heterocycles. The highest BCUT2D eigenvalue weighted by Crippen LogP contribution is 1.92. The van der Waals surface area contributed by atoms with E-state index >= 15 is 0 Å². The Balaban J connectivity index is 4.38. The maximum atomic E-state index is 12.1. The number of hydrogen-bond donors (Lipinski definition) is 5. The molecule has 0 aromatic rings. The number of carbonyl (C=O) groups excluding carboxylic acids is 4. The topological polar surface area (TPSA) is 142 Å². The van der Waals surface area contributed by atoms with Crippen LogP contribution < -0.4 is 27.0 Å². The summed E-state index contributed by atoms with van der Waals surface area (Å²) in [4.78, 5) is 47.3. The second-order valence-electron chi connectivity index (χ2n) is 6.12. The Morgan fingerprint density at radius 3 is 1.56 bits per heavy atom. The number of nitrogens with one attached hydrogen (secondary N) is 4. The molecule has 0 aromatic heterocycles. The van der Waals surface area contributed by atoms with Crippen molar-refractivity contribution in [3.05, 3.63) is 0 Å². The largest absolute Gasteiger partial charge is 0.354 e. The highest BCUT2D eigenvalue weighted by atomic mass is 16.2. The Morgan fingerprint density at radius 2 is 1.16 bits per heavy atom. The highest BCUT2D eigenvalue weighted by molar-refractivity contribution is 5.94. The molecule has 9 nitrogen and oxygen atoms in total. The van der Waals surface area contributed by atoms with Gasteiger partial charge in [0.05, 0.1) is 6.04 Å². The van der Waals surface area contributed by atoms with Gasteiger partial charge in [-0.1, -0.05) is 13.3 Å². The SMILES string of the molecule is CCCCNC(=O)[C@H](C)NC(=O)[C@H](C)NC(=O)[C@H](C)NC(=O)[C@H](C)N. The van der Waals surface area contributed by atoms with Crippen molar-refractivity contribution in [1.82, 2.24) is 21.3 Å². The van der Waals surface area contributed by atoms with Crippen molar-refractivity contribution >= 4 is 23.6 Å². The predicted molar refractivity (Wildman–Crippen MR) is 94.4 cm³/mol. The summed E-state index contributed by atoms with van der Waals surface area (Å²) in [6.45, 7) is 8.62. The molecule has 0 spiro atoms. The van der Waals surface area contributed by atoms with Gasteiger partial charge in [-0.05, 0) is 34.1 Å². The van der Waals surface area contributed by atoms with Gasteiger partial charge in [0.2, 0.25) is 23.6 Å². The molecule has 6 N–H and O–H groups in total. The molecule has 0 aliphatic rings. The molecule has 0 unspecified atom stereocenters. The standard InChI is InChI=1S/C16H31N5O4/c1-6-7-8-18-14(23)10(3)20-16(25)12(5)21-15(24)11(4)19-13(22)9(2)17/h9-12H,6-8,17H2,1-5H3,(H,18,23)(H,19,22)(H,20,25)(H,21,24)/t9-,10-,11-,12-/m0/s1. The zero-order chi connectivity index (χ0) is 19.6. The average Bonchev–Trinajstić information content (AvgIpc) is 2.54. The first-order chi connectivity index (χ1) is 11.6. The van der Waals surface area contributed by atoms with E-state index in [1.165, 1.54) is 20.8 Å². The number of rotatable bonds is 10. The fourth-order valence-electron chi connectivity index (χ4n) is 1.76. The van der Waals surface area contributed by atoms with Gasteiger partial charge >= 0.3 is 0 Å². The van der Waals surface area contributed by atoms with Gasteiger partial charge in [0.15, 0.2) is 0 Å². The molecule has 0 rings (SSSR count). The molecule has 25 heavy (non-hydrogen) atoms. The minimum Gasteiger partial charge on any atom is -0.354 e. The third kappa shape index (κ3) is 9.04. The first kappa shape index (κ1) is 22.8. The normalized spacial score (nSPS) is 15.3. The van der Waals surface area contributed by atoms with Crippen molar-refractivity contribution in [3.8, 4) is 0 Å². The minimum atomic E-state index is -0.854. The van der Waals surface area contributed by atoms with Gasteiger partial charge in [0.25, 0.3) is 0 Å². The van der Waals surface area contributed by atoms with E-state index in [-0.39, 0.29) is 5.91 Å². The summed E-state index contributed by atoms with van der Waals surface area (Å²) < 4.78 is 0. The third-order valence-electron chi connectivity index (χ3n) is 3.50. The monoisotopic (exact) mass is 357 g/mol. The van der Waals surface area contributed by atoms with E-state index in [1.54, 1.807) is 6.92 Å². The minimum absolute atomic E-state index is 0.280. The van der Waals surface area contributed by atoms with Crippen LogP contribution in [0.15, 0.2) is 0 Å². The quantitative estimate of drug-likeness (QED) is 0.311. The summed E-state index contributed by atoms with van der Waals surface area (Å²) in [5, 5.41) is 10.2. The smallest absolute Gasteiger partial charge is 0.242 e. The van der Waals surface area contributed by atoms with Crippen LogP contribution in [0.1, 0.15) is 47.5 Å². The van der Waals surface area contributed by atoms with Gasteiger partial charge in [0, 0.05) is 6.54 Å². The molecule has 0 fully saturated rings.